The molecule has 0 aliphatic rings. The van der Waals surface area contributed by atoms with Crippen LogP contribution in [0, 0.1) is 5.92 Å². The second-order valence-electron chi connectivity index (χ2n) is 4.62. The Kier molecular flexibility index (Phi) is 6.29. The number of ether oxygens (including phenoxy) is 2. The number of esters is 1. The molecule has 19 heavy (non-hydrogen) atoms. The van der Waals surface area contributed by atoms with Gasteiger partial charge in [0.2, 0.25) is 5.88 Å². The van der Waals surface area contributed by atoms with Crippen molar-refractivity contribution in [1.29, 1.82) is 0 Å². The van der Waals surface area contributed by atoms with Gasteiger partial charge in [0.05, 0.1) is 13.7 Å². The number of nitrogens with zero attached hydrogens (tertiary/aromatic N) is 1. The minimum absolute atomic E-state index is 0.282. The molecule has 0 aliphatic heterocycles. The van der Waals surface area contributed by atoms with Gasteiger partial charge in [-0.1, -0.05) is 13.8 Å². The van der Waals surface area contributed by atoms with Crippen LogP contribution in [0.15, 0.2) is 18.3 Å². The number of hydrogen-bond acceptors (Lipinski definition) is 5. The standard InChI is InChI=1S/C14H22N2O3/c1-5-19-14(17)13(16-8-10(2)3)11-6-7-12(18-4)15-9-11/h6-7,9-10,13,16H,5,8H2,1-4H3. The van der Waals surface area contributed by atoms with E-state index in [2.05, 4.69) is 24.1 Å². The van der Waals surface area contributed by atoms with Crippen molar-refractivity contribution in [2.75, 3.05) is 20.3 Å². The highest BCUT2D eigenvalue weighted by Gasteiger charge is 2.22. The van der Waals surface area contributed by atoms with Crippen molar-refractivity contribution in [3.63, 3.8) is 0 Å². The van der Waals surface area contributed by atoms with E-state index in [9.17, 15) is 4.79 Å². The van der Waals surface area contributed by atoms with Crippen LogP contribution >= 0.6 is 0 Å². The van der Waals surface area contributed by atoms with Crippen molar-refractivity contribution in [2.45, 2.75) is 26.8 Å². The molecule has 0 amide bonds. The topological polar surface area (TPSA) is 60.5 Å². The minimum atomic E-state index is -0.485. The fourth-order valence-electron chi connectivity index (χ4n) is 1.60. The van der Waals surface area contributed by atoms with Gasteiger partial charge in [0.25, 0.3) is 0 Å². The summed E-state index contributed by atoms with van der Waals surface area (Å²) < 4.78 is 10.1. The van der Waals surface area contributed by atoms with Gasteiger partial charge >= 0.3 is 5.97 Å². The summed E-state index contributed by atoms with van der Waals surface area (Å²) in [6.07, 6.45) is 1.63. The van der Waals surface area contributed by atoms with Crippen molar-refractivity contribution in [3.05, 3.63) is 23.9 Å². The van der Waals surface area contributed by atoms with Gasteiger partial charge in [-0.3, -0.25) is 0 Å². The predicted molar refractivity (Wildman–Crippen MR) is 73.0 cm³/mol. The summed E-state index contributed by atoms with van der Waals surface area (Å²) in [7, 11) is 1.56. The number of carbonyl (C=O) groups excluding carboxylic acids is 1. The molecule has 1 aromatic heterocycles. The predicted octanol–water partition coefficient (Wildman–Crippen LogP) is 1.94. The summed E-state index contributed by atoms with van der Waals surface area (Å²) in [5, 5.41) is 3.20. The Morgan fingerprint density at radius 3 is 2.63 bits per heavy atom. The third kappa shape index (κ3) is 4.87. The second kappa shape index (κ2) is 7.74. The average Bonchev–Trinajstić information content (AvgIpc) is 2.39. The normalized spacial score (nSPS) is 12.3. The van der Waals surface area contributed by atoms with Crippen molar-refractivity contribution < 1.29 is 14.3 Å². The summed E-state index contributed by atoms with van der Waals surface area (Å²) in [6, 6.07) is 3.07. The van der Waals surface area contributed by atoms with Gasteiger partial charge in [0.1, 0.15) is 6.04 Å². The smallest absolute Gasteiger partial charge is 0.327 e. The maximum Gasteiger partial charge on any atom is 0.327 e. The lowest BCUT2D eigenvalue weighted by molar-refractivity contribution is -0.145. The lowest BCUT2D eigenvalue weighted by Crippen LogP contribution is -2.32. The molecule has 1 N–H and O–H groups in total. The van der Waals surface area contributed by atoms with E-state index in [1.165, 1.54) is 0 Å². The average molecular weight is 266 g/mol. The molecule has 1 unspecified atom stereocenters. The largest absolute Gasteiger partial charge is 0.481 e. The number of hydrogen-bond donors (Lipinski definition) is 1. The van der Waals surface area contributed by atoms with Gasteiger partial charge in [-0.25, -0.2) is 9.78 Å². The molecule has 1 heterocycles. The van der Waals surface area contributed by atoms with E-state index in [-0.39, 0.29) is 5.97 Å². The molecular formula is C14H22N2O3. The molecule has 1 aromatic rings. The molecule has 5 heteroatoms. The van der Waals surface area contributed by atoms with E-state index in [4.69, 9.17) is 9.47 Å². The van der Waals surface area contributed by atoms with Crippen molar-refractivity contribution in [3.8, 4) is 5.88 Å². The fourth-order valence-corrected chi connectivity index (χ4v) is 1.60. The molecular weight excluding hydrogens is 244 g/mol. The molecule has 106 valence electrons. The Morgan fingerprint density at radius 1 is 1.42 bits per heavy atom. The second-order valence-corrected chi connectivity index (χ2v) is 4.62. The molecule has 0 aliphatic carbocycles. The van der Waals surface area contributed by atoms with Crippen LogP contribution < -0.4 is 10.1 Å². The first-order chi connectivity index (χ1) is 9.08. The Bertz CT molecular complexity index is 390. The Labute approximate surface area is 114 Å². The van der Waals surface area contributed by atoms with Crippen LogP contribution in [-0.4, -0.2) is 31.2 Å². The van der Waals surface area contributed by atoms with Gasteiger partial charge in [0.15, 0.2) is 0 Å². The first-order valence-electron chi connectivity index (χ1n) is 6.48. The molecule has 1 rings (SSSR count). The monoisotopic (exact) mass is 266 g/mol. The van der Waals surface area contributed by atoms with Gasteiger partial charge < -0.3 is 14.8 Å². The van der Waals surface area contributed by atoms with E-state index in [0.717, 1.165) is 12.1 Å². The van der Waals surface area contributed by atoms with E-state index in [1.54, 1.807) is 26.3 Å². The highest BCUT2D eigenvalue weighted by atomic mass is 16.5. The number of nitrogens with one attached hydrogen (secondary N) is 1. The zero-order chi connectivity index (χ0) is 14.3. The number of carbonyl (C=O) groups is 1. The quantitative estimate of drug-likeness (QED) is 0.764. The third-order valence-electron chi connectivity index (χ3n) is 2.55. The first kappa shape index (κ1) is 15.4. The molecule has 0 spiro atoms. The van der Waals surface area contributed by atoms with Crippen LogP contribution in [0.3, 0.4) is 0 Å². The molecule has 0 saturated heterocycles. The van der Waals surface area contributed by atoms with Crippen molar-refractivity contribution in [2.24, 2.45) is 5.92 Å². The van der Waals surface area contributed by atoms with E-state index < -0.39 is 6.04 Å². The molecule has 0 saturated carbocycles. The van der Waals surface area contributed by atoms with Gasteiger partial charge in [-0.15, -0.1) is 0 Å². The van der Waals surface area contributed by atoms with Gasteiger partial charge in [-0.2, -0.15) is 0 Å². The summed E-state index contributed by atoms with van der Waals surface area (Å²) in [6.45, 7) is 7.06. The maximum atomic E-state index is 12.0. The zero-order valence-corrected chi connectivity index (χ0v) is 12.0. The third-order valence-corrected chi connectivity index (χ3v) is 2.55. The molecule has 0 fully saturated rings. The van der Waals surface area contributed by atoms with Crippen LogP contribution in [0.5, 0.6) is 5.88 Å². The summed E-state index contributed by atoms with van der Waals surface area (Å²) in [4.78, 5) is 16.1. The molecule has 0 bridgehead atoms. The fraction of sp³-hybridized carbons (Fsp3) is 0.571. The van der Waals surface area contributed by atoms with Gasteiger partial charge in [0, 0.05) is 12.3 Å². The SMILES string of the molecule is CCOC(=O)C(NCC(C)C)c1ccc(OC)nc1. The van der Waals surface area contributed by atoms with Gasteiger partial charge in [-0.05, 0) is 31.0 Å². The Morgan fingerprint density at radius 2 is 2.16 bits per heavy atom. The number of pyridine rings is 1. The van der Waals surface area contributed by atoms with Crippen LogP contribution in [0.4, 0.5) is 0 Å². The minimum Gasteiger partial charge on any atom is -0.481 e. The summed E-state index contributed by atoms with van der Waals surface area (Å²) >= 11 is 0. The lowest BCUT2D eigenvalue weighted by atomic mass is 10.1. The maximum absolute atomic E-state index is 12.0. The van der Waals surface area contributed by atoms with Crippen LogP contribution in [0.1, 0.15) is 32.4 Å². The number of methoxy groups -OCH3 is 1. The van der Waals surface area contributed by atoms with Crippen LogP contribution in [0.2, 0.25) is 0 Å². The first-order valence-corrected chi connectivity index (χ1v) is 6.48. The molecule has 1 atom stereocenters. The summed E-state index contributed by atoms with van der Waals surface area (Å²) in [5.74, 6) is 0.688. The summed E-state index contributed by atoms with van der Waals surface area (Å²) in [5.41, 5.74) is 0.778. The van der Waals surface area contributed by atoms with Crippen LogP contribution in [0.25, 0.3) is 0 Å². The Hall–Kier alpha value is -1.62. The van der Waals surface area contributed by atoms with Crippen molar-refractivity contribution in [1.82, 2.24) is 10.3 Å². The van der Waals surface area contributed by atoms with E-state index in [1.807, 2.05) is 6.07 Å². The molecule has 0 aromatic carbocycles. The van der Waals surface area contributed by atoms with Crippen molar-refractivity contribution >= 4 is 5.97 Å². The molecule has 0 radical (unpaired) electrons. The van der Waals surface area contributed by atoms with E-state index in [0.29, 0.717) is 18.4 Å². The zero-order valence-electron chi connectivity index (χ0n) is 12.0. The molecule has 5 nitrogen and oxygen atoms in total. The Balaban J connectivity index is 2.83. The number of rotatable bonds is 7. The highest BCUT2D eigenvalue weighted by Crippen LogP contribution is 2.17. The number of aromatic nitrogens is 1. The highest BCUT2D eigenvalue weighted by molar-refractivity contribution is 5.77. The van der Waals surface area contributed by atoms with Crippen LogP contribution in [-0.2, 0) is 9.53 Å². The van der Waals surface area contributed by atoms with E-state index >= 15 is 0 Å². The lowest BCUT2D eigenvalue weighted by Gasteiger charge is -2.18.